The van der Waals surface area contributed by atoms with Gasteiger partial charge >= 0.3 is 0 Å². The van der Waals surface area contributed by atoms with Crippen LogP contribution in [0.5, 0.6) is 0 Å². The zero-order valence-corrected chi connectivity index (χ0v) is 16.1. The maximum Gasteiger partial charge on any atom is 0.0667 e. The Kier molecular flexibility index (Phi) is 5.92. The molecule has 0 N–H and O–H groups in total. The third-order valence-electron chi connectivity index (χ3n) is 4.75. The first kappa shape index (κ1) is 17.9. The molecule has 1 aliphatic heterocycles. The van der Waals surface area contributed by atoms with Crippen LogP contribution >= 0.6 is 11.3 Å². The van der Waals surface area contributed by atoms with E-state index in [0.29, 0.717) is 0 Å². The number of morpholine rings is 1. The first-order valence-corrected chi connectivity index (χ1v) is 10.2. The summed E-state index contributed by atoms with van der Waals surface area (Å²) in [5, 5.41) is 10.6. The molecule has 1 fully saturated rings. The van der Waals surface area contributed by atoms with E-state index in [9.17, 15) is 0 Å². The van der Waals surface area contributed by atoms with E-state index in [1.165, 1.54) is 22.4 Å². The normalized spacial score (nSPS) is 19.9. The minimum atomic E-state index is 0.781. The lowest BCUT2D eigenvalue weighted by atomic mass is 10.1. The van der Waals surface area contributed by atoms with E-state index in [4.69, 9.17) is 4.74 Å². The molecule has 1 aromatic carbocycles. The van der Waals surface area contributed by atoms with Crippen molar-refractivity contribution in [1.29, 1.82) is 0 Å². The molecule has 0 amide bonds. The van der Waals surface area contributed by atoms with Gasteiger partial charge in [0.15, 0.2) is 0 Å². The summed E-state index contributed by atoms with van der Waals surface area (Å²) in [6.07, 6.45) is 8.09. The summed E-state index contributed by atoms with van der Waals surface area (Å²) in [7, 11) is 0. The van der Waals surface area contributed by atoms with Crippen LogP contribution in [0.4, 0.5) is 0 Å². The Labute approximate surface area is 164 Å². The van der Waals surface area contributed by atoms with Crippen LogP contribution in [0.25, 0.3) is 6.08 Å². The molecule has 4 nitrogen and oxygen atoms in total. The number of benzene rings is 1. The fourth-order valence-electron chi connectivity index (χ4n) is 3.48. The highest BCUT2D eigenvalue weighted by Crippen LogP contribution is 2.35. The molecule has 0 unspecified atom stereocenters. The molecule has 2 aliphatic rings. The molecule has 27 heavy (non-hydrogen) atoms. The molecule has 0 saturated carbocycles. The van der Waals surface area contributed by atoms with Crippen LogP contribution in [0.2, 0.25) is 0 Å². The highest BCUT2D eigenvalue weighted by Gasteiger charge is 2.25. The molecule has 0 atom stereocenters. The molecule has 4 rings (SSSR count). The van der Waals surface area contributed by atoms with E-state index >= 15 is 0 Å². The third kappa shape index (κ3) is 4.62. The molecular weight excluding hydrogens is 354 g/mol. The van der Waals surface area contributed by atoms with Gasteiger partial charge in [-0.3, -0.25) is 0 Å². The fraction of sp³-hybridized carbons (Fsp3) is 0.273. The molecule has 2 aromatic rings. The molecule has 0 spiro atoms. The number of hydrogen-bond acceptors (Lipinski definition) is 5. The van der Waals surface area contributed by atoms with Crippen molar-refractivity contribution in [2.24, 2.45) is 10.2 Å². The number of allylic oxidation sites excluding steroid dienone is 2. The predicted molar refractivity (Wildman–Crippen MR) is 113 cm³/mol. The quantitative estimate of drug-likeness (QED) is 0.563. The standard InChI is InChI=1S/C22H23N3OS/c1-2-5-18(6-3-1)15-19-8-9-20(22(19)25-10-12-26-13-11-25)16-23-24-17-21-7-4-14-27-21/h1-7,14-17H,8-13H2/b19-15+,23-16-,24-17-. The van der Waals surface area contributed by atoms with E-state index in [-0.39, 0.29) is 0 Å². The molecule has 1 saturated heterocycles. The van der Waals surface area contributed by atoms with Crippen LogP contribution in [-0.2, 0) is 4.74 Å². The van der Waals surface area contributed by atoms with Gasteiger partial charge in [0.2, 0.25) is 0 Å². The molecule has 0 radical (unpaired) electrons. The SMILES string of the molecule is C(=N/N=C\c1cccs1)/C1=C(N2CCOCC2)C(=C/c2ccccc2)/CC1. The molecule has 0 bridgehead atoms. The molecule has 1 aliphatic carbocycles. The number of rotatable bonds is 5. The van der Waals surface area contributed by atoms with Crippen LogP contribution in [0, 0.1) is 0 Å². The average molecular weight is 378 g/mol. The molecule has 5 heteroatoms. The Balaban J connectivity index is 1.60. The Bertz CT molecular complexity index is 860. The van der Waals surface area contributed by atoms with E-state index < -0.39 is 0 Å². The second-order valence-electron chi connectivity index (χ2n) is 6.56. The van der Waals surface area contributed by atoms with E-state index in [0.717, 1.165) is 44.0 Å². The van der Waals surface area contributed by atoms with Gasteiger partial charge in [-0.15, -0.1) is 11.3 Å². The van der Waals surface area contributed by atoms with Gasteiger partial charge in [0.05, 0.1) is 25.6 Å². The van der Waals surface area contributed by atoms with Crippen molar-refractivity contribution in [3.63, 3.8) is 0 Å². The van der Waals surface area contributed by atoms with Crippen LogP contribution in [-0.4, -0.2) is 43.6 Å². The molecular formula is C22H23N3OS. The second kappa shape index (κ2) is 8.93. The Morgan fingerprint density at radius 3 is 2.52 bits per heavy atom. The molecule has 138 valence electrons. The van der Waals surface area contributed by atoms with Gasteiger partial charge < -0.3 is 9.64 Å². The highest BCUT2D eigenvalue weighted by molar-refractivity contribution is 7.11. The monoisotopic (exact) mass is 377 g/mol. The van der Waals surface area contributed by atoms with Crippen LogP contribution in [0.1, 0.15) is 23.3 Å². The molecule has 1 aromatic heterocycles. The van der Waals surface area contributed by atoms with E-state index in [2.05, 4.69) is 51.5 Å². The van der Waals surface area contributed by atoms with Crippen molar-refractivity contribution in [1.82, 2.24) is 4.90 Å². The van der Waals surface area contributed by atoms with Crippen molar-refractivity contribution >= 4 is 29.8 Å². The summed E-state index contributed by atoms with van der Waals surface area (Å²) in [6.45, 7) is 3.42. The van der Waals surface area contributed by atoms with Crippen LogP contribution in [0.15, 0.2) is 74.9 Å². The highest BCUT2D eigenvalue weighted by atomic mass is 32.1. The number of ether oxygens (including phenoxy) is 1. The Hall–Kier alpha value is -2.50. The maximum atomic E-state index is 5.55. The zero-order valence-electron chi connectivity index (χ0n) is 15.3. The topological polar surface area (TPSA) is 37.2 Å². The van der Waals surface area contributed by atoms with E-state index in [1.807, 2.05) is 29.9 Å². The lowest BCUT2D eigenvalue weighted by Crippen LogP contribution is -2.36. The fourth-order valence-corrected chi connectivity index (χ4v) is 4.06. The largest absolute Gasteiger partial charge is 0.378 e. The van der Waals surface area contributed by atoms with Gasteiger partial charge in [0, 0.05) is 23.7 Å². The summed E-state index contributed by atoms with van der Waals surface area (Å²) in [6, 6.07) is 14.6. The zero-order chi connectivity index (χ0) is 18.3. The lowest BCUT2D eigenvalue weighted by Gasteiger charge is -2.31. The molecule has 2 heterocycles. The maximum absolute atomic E-state index is 5.55. The van der Waals surface area contributed by atoms with Crippen molar-refractivity contribution in [3.05, 3.63) is 75.1 Å². The second-order valence-corrected chi connectivity index (χ2v) is 7.54. The Morgan fingerprint density at radius 2 is 1.74 bits per heavy atom. The van der Waals surface area contributed by atoms with Gasteiger partial charge in [-0.1, -0.05) is 36.4 Å². The van der Waals surface area contributed by atoms with Crippen molar-refractivity contribution in [2.75, 3.05) is 26.3 Å². The summed E-state index contributed by atoms with van der Waals surface area (Å²) < 4.78 is 5.55. The van der Waals surface area contributed by atoms with Crippen molar-refractivity contribution in [3.8, 4) is 0 Å². The average Bonchev–Trinajstić information content (AvgIpc) is 3.37. The van der Waals surface area contributed by atoms with E-state index in [1.54, 1.807) is 11.3 Å². The van der Waals surface area contributed by atoms with Gasteiger partial charge in [-0.05, 0) is 47.1 Å². The summed E-state index contributed by atoms with van der Waals surface area (Å²) in [5.74, 6) is 0. The first-order valence-electron chi connectivity index (χ1n) is 9.32. The van der Waals surface area contributed by atoms with Crippen molar-refractivity contribution < 1.29 is 4.74 Å². The van der Waals surface area contributed by atoms with Gasteiger partial charge in [0.1, 0.15) is 0 Å². The number of nitrogens with zero attached hydrogens (tertiary/aromatic N) is 3. The third-order valence-corrected chi connectivity index (χ3v) is 5.56. The van der Waals surface area contributed by atoms with Crippen molar-refractivity contribution in [2.45, 2.75) is 12.8 Å². The minimum absolute atomic E-state index is 0.781. The smallest absolute Gasteiger partial charge is 0.0667 e. The van der Waals surface area contributed by atoms with Crippen LogP contribution < -0.4 is 0 Å². The van der Waals surface area contributed by atoms with Crippen LogP contribution in [0.3, 0.4) is 0 Å². The predicted octanol–water partition coefficient (Wildman–Crippen LogP) is 4.62. The summed E-state index contributed by atoms with van der Waals surface area (Å²) in [5.41, 5.74) is 5.21. The number of hydrogen-bond donors (Lipinski definition) is 0. The number of thiophene rings is 1. The summed E-state index contributed by atoms with van der Waals surface area (Å²) >= 11 is 1.66. The van der Waals surface area contributed by atoms with Gasteiger partial charge in [-0.2, -0.15) is 10.2 Å². The Morgan fingerprint density at radius 1 is 0.926 bits per heavy atom. The van der Waals surface area contributed by atoms with Gasteiger partial charge in [-0.25, -0.2) is 0 Å². The summed E-state index contributed by atoms with van der Waals surface area (Å²) in [4.78, 5) is 3.56. The first-order chi connectivity index (χ1) is 13.4. The van der Waals surface area contributed by atoms with Gasteiger partial charge in [0.25, 0.3) is 0 Å². The minimum Gasteiger partial charge on any atom is -0.378 e. The lowest BCUT2D eigenvalue weighted by molar-refractivity contribution is 0.0548.